The van der Waals surface area contributed by atoms with E-state index in [4.69, 9.17) is 4.74 Å². The minimum atomic E-state index is -0.861. The van der Waals surface area contributed by atoms with Gasteiger partial charge in [-0.05, 0) is 42.3 Å². The Hall–Kier alpha value is -1.34. The molecule has 23 heavy (non-hydrogen) atoms. The molecule has 3 heterocycles. The van der Waals surface area contributed by atoms with Crippen LogP contribution in [-0.4, -0.2) is 52.8 Å². The highest BCUT2D eigenvalue weighted by atomic mass is 79.9. The number of ether oxygens (including phenoxy) is 1. The second kappa shape index (κ2) is 5.94. The first-order chi connectivity index (χ1) is 10.8. The van der Waals surface area contributed by atoms with E-state index >= 15 is 0 Å². The van der Waals surface area contributed by atoms with Gasteiger partial charge in [0.15, 0.2) is 0 Å². The lowest BCUT2D eigenvalue weighted by Gasteiger charge is -2.33. The number of amides is 1. The molecule has 0 spiro atoms. The average molecular weight is 385 g/mol. The second-order valence-electron chi connectivity index (χ2n) is 6.71. The number of aliphatic carboxylic acids is 1. The molecular weight excluding hydrogens is 364 g/mol. The summed E-state index contributed by atoms with van der Waals surface area (Å²) < 4.78 is 8.21. The summed E-state index contributed by atoms with van der Waals surface area (Å²) in [5.74, 6) is -1.07. The quantitative estimate of drug-likeness (QED) is 0.868. The number of carboxylic acids is 1. The third-order valence-corrected chi connectivity index (χ3v) is 5.44. The number of likely N-dealkylation sites (tertiary alicyclic amines) is 1. The number of aromatic nitrogens is 1. The number of carbonyl (C=O) groups excluding carboxylic acids is 1. The number of fused-ring (bicyclic) bond motifs is 1. The van der Waals surface area contributed by atoms with Crippen LogP contribution < -0.4 is 0 Å². The topological polar surface area (TPSA) is 71.8 Å². The number of carboxylic acid groups (broad SMARTS) is 1. The lowest BCUT2D eigenvalue weighted by Crippen LogP contribution is -2.45. The van der Waals surface area contributed by atoms with Crippen LogP contribution in [0, 0.1) is 11.3 Å². The molecule has 1 aromatic rings. The lowest BCUT2D eigenvalue weighted by atomic mass is 9.74. The summed E-state index contributed by atoms with van der Waals surface area (Å²) >= 11 is 3.42. The van der Waals surface area contributed by atoms with Gasteiger partial charge in [0, 0.05) is 42.3 Å². The van der Waals surface area contributed by atoms with Crippen LogP contribution in [0.25, 0.3) is 0 Å². The zero-order chi connectivity index (χ0) is 16.8. The van der Waals surface area contributed by atoms with Crippen LogP contribution in [0.3, 0.4) is 0 Å². The first-order valence-corrected chi connectivity index (χ1v) is 8.62. The van der Waals surface area contributed by atoms with Gasteiger partial charge in [0.1, 0.15) is 5.69 Å². The van der Waals surface area contributed by atoms with Crippen LogP contribution in [-0.2, 0) is 9.53 Å². The Morgan fingerprint density at radius 3 is 2.83 bits per heavy atom. The SMILES string of the molecule is CC(C)n1cc(Br)cc1C(=O)N1C[C@H]2COCC[C@@]2(C(=O)O)C1. The Labute approximate surface area is 143 Å². The van der Waals surface area contributed by atoms with Gasteiger partial charge in [-0.3, -0.25) is 9.59 Å². The molecule has 2 aliphatic heterocycles. The standard InChI is InChI=1S/C16H21BrN2O4/c1-10(2)19-7-12(17)5-13(19)14(20)18-6-11-8-23-4-3-16(11,9-18)15(21)22/h5,7,10-11H,3-4,6,8-9H2,1-2H3,(H,21,22)/t11-,16+/m0/s1. The Kier molecular flexibility index (Phi) is 4.27. The van der Waals surface area contributed by atoms with Gasteiger partial charge in [-0.15, -0.1) is 0 Å². The number of carbonyl (C=O) groups is 2. The van der Waals surface area contributed by atoms with Crippen molar-refractivity contribution in [3.8, 4) is 0 Å². The number of hydrogen-bond donors (Lipinski definition) is 1. The molecular formula is C16H21BrN2O4. The molecule has 3 rings (SSSR count). The van der Waals surface area contributed by atoms with E-state index in [1.165, 1.54) is 0 Å². The van der Waals surface area contributed by atoms with Gasteiger partial charge >= 0.3 is 5.97 Å². The third-order valence-electron chi connectivity index (χ3n) is 5.01. The molecule has 0 aliphatic carbocycles. The summed E-state index contributed by atoms with van der Waals surface area (Å²) in [6.07, 6.45) is 2.35. The molecule has 0 radical (unpaired) electrons. The average Bonchev–Trinajstić information content (AvgIpc) is 3.08. The van der Waals surface area contributed by atoms with E-state index < -0.39 is 11.4 Å². The van der Waals surface area contributed by atoms with E-state index in [0.717, 1.165) is 4.47 Å². The first kappa shape index (κ1) is 16.5. The van der Waals surface area contributed by atoms with Crippen LogP contribution in [0.15, 0.2) is 16.7 Å². The molecule has 1 N–H and O–H groups in total. The predicted molar refractivity (Wildman–Crippen MR) is 87.4 cm³/mol. The highest BCUT2D eigenvalue weighted by Crippen LogP contribution is 2.43. The van der Waals surface area contributed by atoms with E-state index in [0.29, 0.717) is 31.9 Å². The summed E-state index contributed by atoms with van der Waals surface area (Å²) in [5, 5.41) is 9.71. The molecule has 0 unspecified atom stereocenters. The number of halogens is 1. The lowest BCUT2D eigenvalue weighted by molar-refractivity contribution is -0.157. The monoisotopic (exact) mass is 384 g/mol. The Balaban J connectivity index is 1.89. The molecule has 2 atom stereocenters. The van der Waals surface area contributed by atoms with E-state index in [1.54, 1.807) is 11.0 Å². The molecule has 0 bridgehead atoms. The Morgan fingerprint density at radius 2 is 2.22 bits per heavy atom. The summed E-state index contributed by atoms with van der Waals surface area (Å²) in [4.78, 5) is 26.5. The summed E-state index contributed by atoms with van der Waals surface area (Å²) in [6.45, 7) is 5.57. The van der Waals surface area contributed by atoms with Crippen LogP contribution in [0.2, 0.25) is 0 Å². The van der Waals surface area contributed by atoms with Crippen molar-refractivity contribution in [2.24, 2.45) is 11.3 Å². The predicted octanol–water partition coefficient (Wildman–Crippen LogP) is 2.39. The smallest absolute Gasteiger partial charge is 0.311 e. The second-order valence-corrected chi connectivity index (χ2v) is 7.63. The van der Waals surface area contributed by atoms with Gasteiger partial charge in [-0.2, -0.15) is 0 Å². The van der Waals surface area contributed by atoms with Gasteiger partial charge in [-0.25, -0.2) is 0 Å². The van der Waals surface area contributed by atoms with Gasteiger partial charge in [-0.1, -0.05) is 0 Å². The maximum absolute atomic E-state index is 12.9. The van der Waals surface area contributed by atoms with Crippen LogP contribution >= 0.6 is 15.9 Å². The maximum atomic E-state index is 12.9. The van der Waals surface area contributed by atoms with Gasteiger partial charge in [0.2, 0.25) is 0 Å². The van der Waals surface area contributed by atoms with Gasteiger partial charge < -0.3 is 19.3 Å². The molecule has 6 nitrogen and oxygen atoms in total. The number of hydrogen-bond acceptors (Lipinski definition) is 3. The highest BCUT2D eigenvalue weighted by Gasteiger charge is 2.55. The largest absolute Gasteiger partial charge is 0.481 e. The Bertz CT molecular complexity index is 642. The van der Waals surface area contributed by atoms with Crippen molar-refractivity contribution < 1.29 is 19.4 Å². The van der Waals surface area contributed by atoms with Crippen LogP contribution in [0.1, 0.15) is 36.8 Å². The number of nitrogens with zero attached hydrogens (tertiary/aromatic N) is 2. The minimum absolute atomic E-state index is 0.112. The van der Waals surface area contributed by atoms with Crippen molar-refractivity contribution in [3.63, 3.8) is 0 Å². The van der Waals surface area contributed by atoms with Crippen molar-refractivity contribution in [3.05, 3.63) is 22.4 Å². The van der Waals surface area contributed by atoms with Crippen molar-refractivity contribution in [1.82, 2.24) is 9.47 Å². The first-order valence-electron chi connectivity index (χ1n) is 7.83. The minimum Gasteiger partial charge on any atom is -0.481 e. The highest BCUT2D eigenvalue weighted by molar-refractivity contribution is 9.10. The molecule has 7 heteroatoms. The fourth-order valence-electron chi connectivity index (χ4n) is 3.66. The summed E-state index contributed by atoms with van der Waals surface area (Å²) in [6, 6.07) is 1.95. The van der Waals surface area contributed by atoms with E-state index in [2.05, 4.69) is 15.9 Å². The molecule has 1 amide bonds. The van der Waals surface area contributed by atoms with Crippen molar-refractivity contribution in [2.45, 2.75) is 26.3 Å². The fraction of sp³-hybridized carbons (Fsp3) is 0.625. The van der Waals surface area contributed by atoms with E-state index in [1.807, 2.05) is 24.6 Å². The summed E-state index contributed by atoms with van der Waals surface area (Å²) in [5.41, 5.74) is -0.271. The van der Waals surface area contributed by atoms with Crippen LogP contribution in [0.5, 0.6) is 0 Å². The van der Waals surface area contributed by atoms with Crippen LogP contribution in [0.4, 0.5) is 0 Å². The summed E-state index contributed by atoms with van der Waals surface area (Å²) in [7, 11) is 0. The molecule has 2 saturated heterocycles. The third kappa shape index (κ3) is 2.70. The van der Waals surface area contributed by atoms with Crippen molar-refractivity contribution in [2.75, 3.05) is 26.3 Å². The van der Waals surface area contributed by atoms with Gasteiger partial charge in [0.25, 0.3) is 5.91 Å². The molecule has 126 valence electrons. The maximum Gasteiger partial charge on any atom is 0.311 e. The normalized spacial score (nSPS) is 27.3. The number of rotatable bonds is 3. The fourth-order valence-corrected chi connectivity index (χ4v) is 4.10. The molecule has 0 saturated carbocycles. The van der Waals surface area contributed by atoms with E-state index in [-0.39, 0.29) is 24.4 Å². The molecule has 1 aromatic heterocycles. The Morgan fingerprint density at radius 1 is 1.48 bits per heavy atom. The zero-order valence-electron chi connectivity index (χ0n) is 13.3. The molecule has 0 aromatic carbocycles. The van der Waals surface area contributed by atoms with Crippen molar-refractivity contribution >= 4 is 27.8 Å². The molecule has 2 fully saturated rings. The van der Waals surface area contributed by atoms with Crippen molar-refractivity contribution in [1.29, 1.82) is 0 Å². The van der Waals surface area contributed by atoms with Gasteiger partial charge in [0.05, 0.1) is 12.0 Å². The zero-order valence-corrected chi connectivity index (χ0v) is 14.9. The molecule has 2 aliphatic rings. The van der Waals surface area contributed by atoms with E-state index in [9.17, 15) is 14.7 Å².